The molecule has 0 saturated heterocycles. The van der Waals surface area contributed by atoms with E-state index in [1.54, 1.807) is 13.8 Å². The molecule has 25 heavy (non-hydrogen) atoms. The number of rotatable bonds is 11. The van der Waals surface area contributed by atoms with Crippen LogP contribution in [0, 0.1) is 11.8 Å². The van der Waals surface area contributed by atoms with E-state index in [2.05, 4.69) is 0 Å². The van der Waals surface area contributed by atoms with E-state index in [1.165, 1.54) is 0 Å². The maximum absolute atomic E-state index is 11.6. The number of hydrogen-bond acceptors (Lipinski definition) is 4. The fraction of sp³-hybridized carbons (Fsp3) is 0.571. The average Bonchev–Trinajstić information content (AvgIpc) is 2.60. The minimum Gasteiger partial charge on any atom is -0.463 e. The fourth-order valence-corrected chi connectivity index (χ4v) is 2.59. The van der Waals surface area contributed by atoms with E-state index in [-0.39, 0.29) is 17.8 Å². The fourth-order valence-electron chi connectivity index (χ4n) is 2.59. The average molecular weight is 348 g/mol. The molecule has 0 aliphatic carbocycles. The first-order valence-electron chi connectivity index (χ1n) is 9.09. The summed E-state index contributed by atoms with van der Waals surface area (Å²) in [5.74, 6) is 0.0279. The molecule has 0 fully saturated rings. The van der Waals surface area contributed by atoms with Crippen LogP contribution in [0.25, 0.3) is 0 Å². The zero-order valence-electron chi connectivity index (χ0n) is 15.9. The smallest absolute Gasteiger partial charge is 0.333 e. The van der Waals surface area contributed by atoms with Gasteiger partial charge in [0, 0.05) is 11.5 Å². The van der Waals surface area contributed by atoms with E-state index >= 15 is 0 Å². The maximum Gasteiger partial charge on any atom is 0.333 e. The molecule has 1 rings (SSSR count). The molecule has 0 amide bonds. The number of carbonyl (C=O) groups excluding carboxylic acids is 1. The Morgan fingerprint density at radius 2 is 1.88 bits per heavy atom. The number of hydrogen-bond donors (Lipinski definition) is 1. The first-order chi connectivity index (χ1) is 11.9. The predicted octanol–water partition coefficient (Wildman–Crippen LogP) is 4.13. The molecular weight excluding hydrogens is 316 g/mol. The number of allylic oxidation sites excluding steroid dienone is 1. The Hall–Kier alpha value is -1.65. The van der Waals surface area contributed by atoms with Gasteiger partial charge < -0.3 is 14.6 Å². The molecule has 3 atom stereocenters. The predicted molar refractivity (Wildman–Crippen MR) is 100 cm³/mol. The van der Waals surface area contributed by atoms with E-state index in [9.17, 15) is 9.90 Å². The van der Waals surface area contributed by atoms with Gasteiger partial charge in [0.15, 0.2) is 0 Å². The Morgan fingerprint density at radius 1 is 1.20 bits per heavy atom. The van der Waals surface area contributed by atoms with Crippen LogP contribution < -0.4 is 0 Å². The minimum atomic E-state index is -0.408. The molecule has 0 saturated carbocycles. The number of esters is 1. The van der Waals surface area contributed by atoms with Gasteiger partial charge >= 0.3 is 5.97 Å². The molecule has 4 heteroatoms. The molecule has 0 heterocycles. The van der Waals surface area contributed by atoms with Crippen LogP contribution in [0.1, 0.15) is 46.1 Å². The minimum absolute atomic E-state index is 0.0750. The number of aliphatic hydroxyl groups is 1. The molecule has 1 aromatic rings. The molecule has 140 valence electrons. The Labute approximate surface area is 151 Å². The zero-order chi connectivity index (χ0) is 18.7. The maximum atomic E-state index is 11.6. The molecule has 1 aromatic carbocycles. The summed E-state index contributed by atoms with van der Waals surface area (Å²) in [5, 5.41) is 10.3. The molecule has 0 aliphatic heterocycles. The molecule has 0 bridgehead atoms. The topological polar surface area (TPSA) is 55.8 Å². The van der Waals surface area contributed by atoms with E-state index in [0.717, 1.165) is 12.0 Å². The largest absolute Gasteiger partial charge is 0.463 e. The molecule has 4 nitrogen and oxygen atoms in total. The quantitative estimate of drug-likeness (QED) is 0.483. The third kappa shape index (κ3) is 8.84. The summed E-state index contributed by atoms with van der Waals surface area (Å²) in [5.41, 5.74) is 1.76. The van der Waals surface area contributed by atoms with E-state index in [4.69, 9.17) is 9.47 Å². The lowest BCUT2D eigenvalue weighted by atomic mass is 9.95. The summed E-state index contributed by atoms with van der Waals surface area (Å²) >= 11 is 0. The first-order valence-corrected chi connectivity index (χ1v) is 9.09. The Bertz CT molecular complexity index is 524. The summed E-state index contributed by atoms with van der Waals surface area (Å²) in [4.78, 5) is 11.6. The summed E-state index contributed by atoms with van der Waals surface area (Å²) in [7, 11) is 0. The van der Waals surface area contributed by atoms with Crippen molar-refractivity contribution in [3.63, 3.8) is 0 Å². The third-order valence-corrected chi connectivity index (χ3v) is 4.20. The van der Waals surface area contributed by atoms with Crippen molar-refractivity contribution in [2.24, 2.45) is 11.8 Å². The van der Waals surface area contributed by atoms with Gasteiger partial charge in [0.2, 0.25) is 0 Å². The molecule has 0 aliphatic rings. The van der Waals surface area contributed by atoms with Gasteiger partial charge in [-0.15, -0.1) is 0 Å². The zero-order valence-corrected chi connectivity index (χ0v) is 15.9. The van der Waals surface area contributed by atoms with Crippen LogP contribution >= 0.6 is 0 Å². The van der Waals surface area contributed by atoms with Gasteiger partial charge in [0.1, 0.15) is 0 Å². The second-order valence-electron chi connectivity index (χ2n) is 6.67. The monoisotopic (exact) mass is 348 g/mol. The lowest BCUT2D eigenvalue weighted by Crippen LogP contribution is -2.23. The van der Waals surface area contributed by atoms with Gasteiger partial charge in [0.25, 0.3) is 0 Å². The highest BCUT2D eigenvalue weighted by Crippen LogP contribution is 2.17. The van der Waals surface area contributed by atoms with E-state index < -0.39 is 6.10 Å². The van der Waals surface area contributed by atoms with Crippen molar-refractivity contribution in [2.75, 3.05) is 13.2 Å². The van der Waals surface area contributed by atoms with Crippen LogP contribution in [-0.4, -0.2) is 30.4 Å². The van der Waals surface area contributed by atoms with Crippen LogP contribution in [0.3, 0.4) is 0 Å². The molecule has 1 N–H and O–H groups in total. The second-order valence-corrected chi connectivity index (χ2v) is 6.67. The van der Waals surface area contributed by atoms with Gasteiger partial charge in [-0.05, 0) is 38.2 Å². The van der Waals surface area contributed by atoms with Crippen LogP contribution in [0.4, 0.5) is 0 Å². The van der Waals surface area contributed by atoms with Crippen molar-refractivity contribution in [2.45, 2.75) is 53.2 Å². The van der Waals surface area contributed by atoms with Gasteiger partial charge in [-0.1, -0.05) is 50.3 Å². The summed E-state index contributed by atoms with van der Waals surface area (Å²) in [6.07, 6.45) is 3.01. The molecule has 0 spiro atoms. The lowest BCUT2D eigenvalue weighted by molar-refractivity contribution is -0.138. The van der Waals surface area contributed by atoms with Crippen molar-refractivity contribution in [3.8, 4) is 0 Å². The van der Waals surface area contributed by atoms with Crippen LogP contribution in [0.5, 0.6) is 0 Å². The van der Waals surface area contributed by atoms with Crippen molar-refractivity contribution in [1.82, 2.24) is 0 Å². The van der Waals surface area contributed by atoms with Crippen LogP contribution in [0.2, 0.25) is 0 Å². The number of carbonyl (C=O) groups is 1. The summed E-state index contributed by atoms with van der Waals surface area (Å²) in [6.45, 7) is 9.10. The van der Waals surface area contributed by atoms with Gasteiger partial charge in [-0.25, -0.2) is 4.79 Å². The highest BCUT2D eigenvalue weighted by molar-refractivity contribution is 5.87. The summed E-state index contributed by atoms with van der Waals surface area (Å²) < 4.78 is 10.7. The highest BCUT2D eigenvalue weighted by Gasteiger charge is 2.16. The summed E-state index contributed by atoms with van der Waals surface area (Å²) in [6, 6.07) is 10.0. The molecular formula is C21H32O4. The highest BCUT2D eigenvalue weighted by atomic mass is 16.5. The van der Waals surface area contributed by atoms with Crippen LogP contribution in [0.15, 0.2) is 42.0 Å². The van der Waals surface area contributed by atoms with E-state index in [1.807, 2.05) is 50.3 Å². The van der Waals surface area contributed by atoms with Crippen molar-refractivity contribution in [3.05, 3.63) is 47.5 Å². The Kier molecular flexibility index (Phi) is 10.1. The van der Waals surface area contributed by atoms with Gasteiger partial charge in [-0.2, -0.15) is 0 Å². The Morgan fingerprint density at radius 3 is 2.52 bits per heavy atom. The lowest BCUT2D eigenvalue weighted by Gasteiger charge is -2.20. The normalized spacial score (nSPS) is 15.5. The van der Waals surface area contributed by atoms with Crippen molar-refractivity contribution in [1.29, 1.82) is 0 Å². The standard InChI is InChI=1S/C21H32O4/c1-5-25-21(23)17(3)13-16(2)11-12-20(22)18(4)14-24-15-19-9-7-6-8-10-19/h6-10,13,16,18,20,22H,5,11-12,14-15H2,1-4H3/b17-13+/t16-,18+,20-/m0/s1. The van der Waals surface area contributed by atoms with Crippen LogP contribution in [-0.2, 0) is 20.9 Å². The van der Waals surface area contributed by atoms with Crippen molar-refractivity contribution < 1.29 is 19.4 Å². The number of aliphatic hydroxyl groups excluding tert-OH is 1. The second kappa shape index (κ2) is 11.8. The molecule has 0 unspecified atom stereocenters. The van der Waals surface area contributed by atoms with Gasteiger partial charge in [0.05, 0.1) is 25.9 Å². The Balaban J connectivity index is 2.28. The van der Waals surface area contributed by atoms with Gasteiger partial charge in [-0.3, -0.25) is 0 Å². The number of ether oxygens (including phenoxy) is 2. The number of benzene rings is 1. The van der Waals surface area contributed by atoms with Crippen molar-refractivity contribution >= 4 is 5.97 Å². The SMILES string of the molecule is CCOC(=O)/C(C)=C/[C@@H](C)CC[C@H](O)[C@H](C)COCc1ccccc1. The van der Waals surface area contributed by atoms with E-state index in [0.29, 0.717) is 31.8 Å². The molecule has 0 aromatic heterocycles. The first kappa shape index (κ1) is 21.4. The molecule has 0 radical (unpaired) electrons. The third-order valence-electron chi connectivity index (χ3n) is 4.20.